The highest BCUT2D eigenvalue weighted by atomic mass is 35.5. The molecule has 6 nitrogen and oxygen atoms in total. The summed E-state index contributed by atoms with van der Waals surface area (Å²) in [5, 5.41) is 20.8. The molecule has 3 heterocycles. The maximum atomic E-state index is 15.6. The van der Waals surface area contributed by atoms with Gasteiger partial charge in [-0.2, -0.15) is 5.10 Å². The van der Waals surface area contributed by atoms with Crippen molar-refractivity contribution in [1.82, 2.24) is 20.1 Å². The van der Waals surface area contributed by atoms with Crippen molar-refractivity contribution in [1.29, 1.82) is 0 Å². The highest BCUT2D eigenvalue weighted by molar-refractivity contribution is 6.30. The average Bonchev–Trinajstić information content (AvgIpc) is 3.49. The van der Waals surface area contributed by atoms with Crippen molar-refractivity contribution in [3.8, 4) is 0 Å². The number of nitrogens with one attached hydrogen (secondary N) is 2. The van der Waals surface area contributed by atoms with Crippen LogP contribution in [-0.4, -0.2) is 37.8 Å². The Kier molecular flexibility index (Phi) is 7.22. The molecule has 5 rings (SSSR count). The van der Waals surface area contributed by atoms with Crippen molar-refractivity contribution < 1.29 is 18.3 Å². The van der Waals surface area contributed by atoms with Crippen LogP contribution in [0.5, 0.6) is 0 Å². The molecule has 1 saturated heterocycles. The van der Waals surface area contributed by atoms with E-state index in [1.165, 1.54) is 12.1 Å². The predicted octanol–water partition coefficient (Wildman–Crippen LogP) is 6.14. The van der Waals surface area contributed by atoms with Crippen LogP contribution in [0.4, 0.5) is 24.8 Å². The summed E-state index contributed by atoms with van der Waals surface area (Å²) >= 11 is 5.88. The summed E-state index contributed by atoms with van der Waals surface area (Å²) in [5.74, 6) is -0.631. The predicted molar refractivity (Wildman–Crippen MR) is 136 cm³/mol. The summed E-state index contributed by atoms with van der Waals surface area (Å²) < 4.78 is 44.4. The molecule has 3 N–H and O–H groups in total. The van der Waals surface area contributed by atoms with Gasteiger partial charge in [-0.05, 0) is 76.1 Å². The van der Waals surface area contributed by atoms with E-state index in [-0.39, 0.29) is 34.7 Å². The number of pyridine rings is 1. The van der Waals surface area contributed by atoms with Crippen LogP contribution < -0.4 is 5.32 Å². The summed E-state index contributed by atoms with van der Waals surface area (Å²) in [4.78, 5) is 6.64. The van der Waals surface area contributed by atoms with Crippen molar-refractivity contribution in [2.75, 3.05) is 11.9 Å². The first-order chi connectivity index (χ1) is 17.7. The van der Waals surface area contributed by atoms with Gasteiger partial charge in [0.05, 0.1) is 16.3 Å². The maximum absolute atomic E-state index is 15.6. The van der Waals surface area contributed by atoms with Crippen molar-refractivity contribution in [3.63, 3.8) is 0 Å². The minimum absolute atomic E-state index is 0.0215. The standard InChI is InChI=1S/C27H31ClF3N5O/c1-3-17-11-16(6-9-36(17)14-18-21(29)5-4-20(28)25(18)30)12-22-26(31)19(27(37)7-8-27)13-23(32-22)33-24-10-15(2)34-35-24/h4-5,10,13,16-17,37H,3,6-9,11-12,14H2,1-2H3,(H2,32,33,34,35)/t16-,17-/m1/s1. The largest absolute Gasteiger partial charge is 0.385 e. The molecule has 0 bridgehead atoms. The second kappa shape index (κ2) is 10.3. The third-order valence-corrected chi connectivity index (χ3v) is 7.90. The number of aliphatic hydroxyl groups is 1. The minimum Gasteiger partial charge on any atom is -0.385 e. The van der Waals surface area contributed by atoms with E-state index in [1.54, 1.807) is 6.07 Å². The molecular formula is C27H31ClF3N5O. The highest BCUT2D eigenvalue weighted by Crippen LogP contribution is 2.47. The maximum Gasteiger partial charge on any atom is 0.153 e. The first kappa shape index (κ1) is 26.0. The van der Waals surface area contributed by atoms with E-state index in [0.29, 0.717) is 43.1 Å². The first-order valence-electron chi connectivity index (χ1n) is 12.7. The molecule has 1 saturated carbocycles. The number of aromatic amines is 1. The fourth-order valence-corrected chi connectivity index (χ4v) is 5.49. The molecule has 2 aromatic heterocycles. The number of anilines is 2. The molecule has 1 aromatic carbocycles. The molecule has 0 spiro atoms. The molecule has 198 valence electrons. The lowest BCUT2D eigenvalue weighted by Gasteiger charge is -2.39. The summed E-state index contributed by atoms with van der Waals surface area (Å²) in [6.45, 7) is 4.68. The lowest BCUT2D eigenvalue weighted by Crippen LogP contribution is -2.42. The minimum atomic E-state index is -1.15. The number of hydrogen-bond donors (Lipinski definition) is 3. The molecule has 0 radical (unpaired) electrons. The van der Waals surface area contributed by atoms with Gasteiger partial charge in [0.1, 0.15) is 17.5 Å². The molecule has 1 aliphatic heterocycles. The normalized spacial score (nSPS) is 21.3. The molecule has 0 amide bonds. The van der Waals surface area contributed by atoms with Gasteiger partial charge < -0.3 is 10.4 Å². The van der Waals surface area contributed by atoms with Gasteiger partial charge in [0, 0.05) is 35.5 Å². The van der Waals surface area contributed by atoms with Crippen molar-refractivity contribution in [2.45, 2.75) is 70.6 Å². The number of aromatic nitrogens is 3. The lowest BCUT2D eigenvalue weighted by molar-refractivity contribution is 0.0977. The fraction of sp³-hybridized carbons (Fsp3) is 0.481. The molecular weight excluding hydrogens is 503 g/mol. The van der Waals surface area contributed by atoms with Gasteiger partial charge in [-0.1, -0.05) is 18.5 Å². The lowest BCUT2D eigenvalue weighted by atomic mass is 9.85. The molecule has 2 atom stereocenters. The average molecular weight is 534 g/mol. The van der Waals surface area contributed by atoms with E-state index in [9.17, 15) is 13.9 Å². The first-order valence-corrected chi connectivity index (χ1v) is 13.1. The third kappa shape index (κ3) is 5.49. The van der Waals surface area contributed by atoms with Crippen LogP contribution in [0.1, 0.15) is 61.5 Å². The second-order valence-electron chi connectivity index (χ2n) is 10.4. The fourth-order valence-electron chi connectivity index (χ4n) is 5.31. The van der Waals surface area contributed by atoms with E-state index < -0.39 is 23.1 Å². The van der Waals surface area contributed by atoms with Crippen LogP contribution in [0, 0.1) is 30.3 Å². The van der Waals surface area contributed by atoms with Gasteiger partial charge in [0.15, 0.2) is 11.6 Å². The smallest absolute Gasteiger partial charge is 0.153 e. The molecule has 10 heteroatoms. The number of hydrogen-bond acceptors (Lipinski definition) is 5. The summed E-state index contributed by atoms with van der Waals surface area (Å²) in [5.41, 5.74) is 0.282. The Labute approximate surface area is 219 Å². The Balaban J connectivity index is 1.34. The molecule has 37 heavy (non-hydrogen) atoms. The van der Waals surface area contributed by atoms with Crippen LogP contribution in [-0.2, 0) is 18.6 Å². The third-order valence-electron chi connectivity index (χ3n) is 7.61. The Morgan fingerprint density at radius 3 is 2.65 bits per heavy atom. The van der Waals surface area contributed by atoms with E-state index in [2.05, 4.69) is 25.4 Å². The Morgan fingerprint density at radius 2 is 1.97 bits per heavy atom. The van der Waals surface area contributed by atoms with E-state index in [0.717, 1.165) is 25.0 Å². The molecule has 1 aliphatic carbocycles. The van der Waals surface area contributed by atoms with Crippen LogP contribution in [0.25, 0.3) is 0 Å². The molecule has 2 aliphatic rings. The van der Waals surface area contributed by atoms with E-state index >= 15 is 4.39 Å². The van der Waals surface area contributed by atoms with Gasteiger partial charge in [-0.3, -0.25) is 10.00 Å². The number of halogens is 4. The second-order valence-corrected chi connectivity index (χ2v) is 10.8. The van der Waals surface area contributed by atoms with Gasteiger partial charge >= 0.3 is 0 Å². The van der Waals surface area contributed by atoms with Gasteiger partial charge in [-0.15, -0.1) is 0 Å². The zero-order chi connectivity index (χ0) is 26.3. The Hall–Kier alpha value is -2.62. The Morgan fingerprint density at radius 1 is 1.19 bits per heavy atom. The summed E-state index contributed by atoms with van der Waals surface area (Å²) in [7, 11) is 0. The number of nitrogens with zero attached hydrogens (tertiary/aromatic N) is 3. The SMILES string of the molecule is CC[C@@H]1C[C@H](Cc2nc(Nc3cc(C)[nH]n3)cc(C3(O)CC3)c2F)CCN1Cc1c(F)ccc(Cl)c1F. The van der Waals surface area contributed by atoms with Crippen LogP contribution in [0.3, 0.4) is 0 Å². The summed E-state index contributed by atoms with van der Waals surface area (Å²) in [6.07, 6.45) is 3.71. The zero-order valence-electron chi connectivity index (χ0n) is 20.9. The van der Waals surface area contributed by atoms with Gasteiger partial charge in [-0.25, -0.2) is 18.2 Å². The van der Waals surface area contributed by atoms with Crippen LogP contribution in [0.2, 0.25) is 5.02 Å². The van der Waals surface area contributed by atoms with Crippen molar-refractivity contribution in [2.24, 2.45) is 5.92 Å². The summed E-state index contributed by atoms with van der Waals surface area (Å²) in [6, 6.07) is 5.90. The number of piperidine rings is 1. The number of benzene rings is 1. The van der Waals surface area contributed by atoms with E-state index in [4.69, 9.17) is 11.6 Å². The molecule has 0 unspecified atom stereocenters. The number of H-pyrrole nitrogens is 1. The molecule has 3 aromatic rings. The highest BCUT2D eigenvalue weighted by Gasteiger charge is 2.45. The number of likely N-dealkylation sites (tertiary alicyclic amines) is 1. The topological polar surface area (TPSA) is 77.1 Å². The van der Waals surface area contributed by atoms with Crippen LogP contribution >= 0.6 is 11.6 Å². The Bertz CT molecular complexity index is 1300. The molecule has 2 fully saturated rings. The van der Waals surface area contributed by atoms with E-state index in [1.807, 2.05) is 19.9 Å². The number of rotatable bonds is 8. The zero-order valence-corrected chi connectivity index (χ0v) is 21.7. The monoisotopic (exact) mass is 533 g/mol. The number of aryl methyl sites for hydroxylation is 1. The van der Waals surface area contributed by atoms with Gasteiger partial charge in [0.2, 0.25) is 0 Å². The van der Waals surface area contributed by atoms with Crippen molar-refractivity contribution in [3.05, 3.63) is 69.3 Å². The van der Waals surface area contributed by atoms with Crippen LogP contribution in [0.15, 0.2) is 24.3 Å². The van der Waals surface area contributed by atoms with Gasteiger partial charge in [0.25, 0.3) is 0 Å². The van der Waals surface area contributed by atoms with Crippen molar-refractivity contribution >= 4 is 23.2 Å². The quantitative estimate of drug-likeness (QED) is 0.303.